The van der Waals surface area contributed by atoms with Crippen LogP contribution in [0.3, 0.4) is 0 Å². The first-order valence-electron chi connectivity index (χ1n) is 9.89. The molecule has 8 nitrogen and oxygen atoms in total. The second kappa shape index (κ2) is 6.46. The lowest BCUT2D eigenvalue weighted by Crippen LogP contribution is -2.38. The van der Waals surface area contributed by atoms with Crippen molar-refractivity contribution in [2.24, 2.45) is 37.8 Å². The lowest BCUT2D eigenvalue weighted by molar-refractivity contribution is -0.0431. The summed E-state index contributed by atoms with van der Waals surface area (Å²) >= 11 is 0. The molecule has 0 amide bonds. The third-order valence-electron chi connectivity index (χ3n) is 6.92. The van der Waals surface area contributed by atoms with Gasteiger partial charge in [-0.3, -0.25) is 0 Å². The van der Waals surface area contributed by atoms with E-state index in [0.717, 1.165) is 6.42 Å². The molecule has 6 unspecified atom stereocenters. The molecule has 3 saturated carbocycles. The van der Waals surface area contributed by atoms with Crippen molar-refractivity contribution in [3.05, 3.63) is 36.4 Å². The van der Waals surface area contributed by atoms with Crippen molar-refractivity contribution < 1.29 is 19.1 Å². The molecule has 3 aliphatic carbocycles. The molecule has 0 aromatic carbocycles. The topological polar surface area (TPSA) is 88.2 Å². The quantitative estimate of drug-likeness (QED) is 0.749. The van der Waals surface area contributed by atoms with Crippen LogP contribution in [0, 0.1) is 23.7 Å². The summed E-state index contributed by atoms with van der Waals surface area (Å²) in [5.74, 6) is 1.52. The zero-order chi connectivity index (χ0) is 19.4. The minimum atomic E-state index is -0.470. The predicted molar refractivity (Wildman–Crippen MR) is 97.3 cm³/mol. The third kappa shape index (κ3) is 2.65. The molecule has 6 atom stereocenters. The first-order valence-corrected chi connectivity index (χ1v) is 9.89. The molecule has 0 N–H and O–H groups in total. The molecule has 2 bridgehead atoms. The molecule has 0 saturated heterocycles. The maximum Gasteiger partial charge on any atom is 0.374 e. The van der Waals surface area contributed by atoms with E-state index in [1.165, 1.54) is 19.3 Å². The Morgan fingerprint density at radius 3 is 2.14 bits per heavy atom. The van der Waals surface area contributed by atoms with Gasteiger partial charge in [-0.15, -0.1) is 0 Å². The SMILES string of the molecule is Cn1ccnc1C(=O)OC1CC2C3CCC(C3)C2C1OC(=O)c1nccn1C. The number of imidazole rings is 2. The van der Waals surface area contributed by atoms with E-state index in [4.69, 9.17) is 9.47 Å². The monoisotopic (exact) mass is 384 g/mol. The largest absolute Gasteiger partial charge is 0.453 e. The van der Waals surface area contributed by atoms with E-state index in [-0.39, 0.29) is 17.6 Å². The summed E-state index contributed by atoms with van der Waals surface area (Å²) in [6.45, 7) is 0. The minimum Gasteiger partial charge on any atom is -0.453 e. The van der Waals surface area contributed by atoms with Crippen molar-refractivity contribution in [3.63, 3.8) is 0 Å². The van der Waals surface area contributed by atoms with Gasteiger partial charge in [0.2, 0.25) is 11.6 Å². The number of fused-ring (bicyclic) bond motifs is 5. The minimum absolute atomic E-state index is 0.259. The number of carbonyl (C=O) groups excluding carboxylic acids is 2. The van der Waals surface area contributed by atoms with Gasteiger partial charge in [-0.25, -0.2) is 19.6 Å². The van der Waals surface area contributed by atoms with Crippen LogP contribution in [0.25, 0.3) is 0 Å². The summed E-state index contributed by atoms with van der Waals surface area (Å²) in [6, 6.07) is 0. The molecule has 3 fully saturated rings. The number of hydrogen-bond donors (Lipinski definition) is 0. The van der Waals surface area contributed by atoms with Gasteiger partial charge in [-0.2, -0.15) is 0 Å². The maximum atomic E-state index is 12.7. The fourth-order valence-corrected chi connectivity index (χ4v) is 5.73. The highest BCUT2D eigenvalue weighted by Gasteiger charge is 2.59. The molecule has 3 aliphatic rings. The van der Waals surface area contributed by atoms with Crippen LogP contribution in [-0.2, 0) is 23.6 Å². The molecule has 0 aliphatic heterocycles. The van der Waals surface area contributed by atoms with Gasteiger partial charge in [0, 0.05) is 44.8 Å². The lowest BCUT2D eigenvalue weighted by atomic mass is 9.81. The smallest absolute Gasteiger partial charge is 0.374 e. The number of carbonyl (C=O) groups is 2. The van der Waals surface area contributed by atoms with Crippen molar-refractivity contribution in [2.75, 3.05) is 0 Å². The molecule has 2 aromatic heterocycles. The highest BCUT2D eigenvalue weighted by Crippen LogP contribution is 2.59. The predicted octanol–water partition coefficient (Wildman–Crippen LogP) is 1.97. The molecule has 2 heterocycles. The Bertz CT molecular complexity index is 919. The third-order valence-corrected chi connectivity index (χ3v) is 6.92. The summed E-state index contributed by atoms with van der Waals surface area (Å²) in [6.07, 6.45) is 10.0. The average molecular weight is 384 g/mol. The summed E-state index contributed by atoms with van der Waals surface area (Å²) in [5, 5.41) is 0. The van der Waals surface area contributed by atoms with Gasteiger partial charge in [-0.1, -0.05) is 0 Å². The van der Waals surface area contributed by atoms with Crippen molar-refractivity contribution >= 4 is 11.9 Å². The number of nitrogens with zero attached hydrogens (tertiary/aromatic N) is 4. The van der Waals surface area contributed by atoms with Crippen LogP contribution in [0.15, 0.2) is 24.8 Å². The zero-order valence-corrected chi connectivity index (χ0v) is 16.0. The van der Waals surface area contributed by atoms with Crippen LogP contribution in [-0.4, -0.2) is 43.2 Å². The van der Waals surface area contributed by atoms with Crippen LogP contribution in [0.2, 0.25) is 0 Å². The Balaban J connectivity index is 1.39. The van der Waals surface area contributed by atoms with Gasteiger partial charge < -0.3 is 18.6 Å². The Labute approximate surface area is 162 Å². The molecule has 2 aromatic rings. The Hall–Kier alpha value is -2.64. The molecule has 0 spiro atoms. The van der Waals surface area contributed by atoms with Crippen molar-refractivity contribution in [3.8, 4) is 0 Å². The second-order valence-electron chi connectivity index (χ2n) is 8.35. The van der Waals surface area contributed by atoms with Gasteiger partial charge in [0.1, 0.15) is 12.2 Å². The number of ether oxygens (including phenoxy) is 2. The van der Waals surface area contributed by atoms with Gasteiger partial charge >= 0.3 is 11.9 Å². The number of esters is 2. The van der Waals surface area contributed by atoms with Crippen LogP contribution in [0.5, 0.6) is 0 Å². The summed E-state index contributed by atoms with van der Waals surface area (Å²) in [4.78, 5) is 33.5. The van der Waals surface area contributed by atoms with Crippen molar-refractivity contribution in [1.29, 1.82) is 0 Å². The summed E-state index contributed by atoms with van der Waals surface area (Å²) < 4.78 is 15.0. The van der Waals surface area contributed by atoms with Crippen LogP contribution >= 0.6 is 0 Å². The highest BCUT2D eigenvalue weighted by molar-refractivity contribution is 5.86. The molecule has 148 valence electrons. The van der Waals surface area contributed by atoms with Crippen LogP contribution < -0.4 is 0 Å². The van der Waals surface area contributed by atoms with E-state index >= 15 is 0 Å². The van der Waals surface area contributed by atoms with Crippen LogP contribution in [0.1, 0.15) is 46.9 Å². The van der Waals surface area contributed by atoms with Gasteiger partial charge in [0.05, 0.1) is 0 Å². The number of aromatic nitrogens is 4. The molecule has 8 heteroatoms. The normalized spacial score (nSPS) is 33.1. The number of hydrogen-bond acceptors (Lipinski definition) is 6. The maximum absolute atomic E-state index is 12.7. The fraction of sp³-hybridized carbons (Fsp3) is 0.600. The highest BCUT2D eigenvalue weighted by atomic mass is 16.6. The van der Waals surface area contributed by atoms with Crippen molar-refractivity contribution in [1.82, 2.24) is 19.1 Å². The average Bonchev–Trinajstić information content (AvgIpc) is 3.44. The van der Waals surface area contributed by atoms with E-state index in [1.54, 1.807) is 48.0 Å². The zero-order valence-electron chi connectivity index (χ0n) is 16.0. The Morgan fingerprint density at radius 1 is 0.929 bits per heavy atom. The summed E-state index contributed by atoms with van der Waals surface area (Å²) in [7, 11) is 3.52. The standard InChI is InChI=1S/C20H24N4O4/c1-23-7-5-21-17(23)19(25)27-14-10-13-11-3-4-12(9-11)15(13)16(14)28-20(26)18-22-6-8-24(18)2/h5-8,11-16H,3-4,9-10H2,1-2H3. The molecular weight excluding hydrogens is 360 g/mol. The van der Waals surface area contributed by atoms with E-state index in [2.05, 4.69) is 9.97 Å². The Morgan fingerprint density at radius 2 is 1.54 bits per heavy atom. The van der Waals surface area contributed by atoms with Gasteiger partial charge in [0.15, 0.2) is 0 Å². The van der Waals surface area contributed by atoms with Crippen LogP contribution in [0.4, 0.5) is 0 Å². The first-order chi connectivity index (χ1) is 13.5. The number of aryl methyl sites for hydroxylation is 2. The lowest BCUT2D eigenvalue weighted by Gasteiger charge is -2.29. The van der Waals surface area contributed by atoms with E-state index < -0.39 is 24.1 Å². The van der Waals surface area contributed by atoms with Gasteiger partial charge in [0.25, 0.3) is 0 Å². The first kappa shape index (κ1) is 17.5. The van der Waals surface area contributed by atoms with E-state index in [9.17, 15) is 9.59 Å². The fourth-order valence-electron chi connectivity index (χ4n) is 5.73. The van der Waals surface area contributed by atoms with Crippen molar-refractivity contribution in [2.45, 2.75) is 37.9 Å². The molecule has 28 heavy (non-hydrogen) atoms. The number of rotatable bonds is 4. The second-order valence-corrected chi connectivity index (χ2v) is 8.35. The molecule has 0 radical (unpaired) electrons. The van der Waals surface area contributed by atoms with Gasteiger partial charge in [-0.05, 0) is 43.4 Å². The summed E-state index contributed by atoms with van der Waals surface area (Å²) in [5.41, 5.74) is 0. The Kier molecular flexibility index (Phi) is 4.03. The molecular formula is C20H24N4O4. The molecule has 5 rings (SSSR count). The van der Waals surface area contributed by atoms with E-state index in [0.29, 0.717) is 17.8 Å². The van der Waals surface area contributed by atoms with E-state index in [1.807, 2.05) is 0 Å².